The first-order chi connectivity index (χ1) is 13.0. The van der Waals surface area contributed by atoms with E-state index in [1.165, 1.54) is 19.1 Å². The summed E-state index contributed by atoms with van der Waals surface area (Å²) in [5.74, 6) is -0.437. The van der Waals surface area contributed by atoms with Crippen molar-refractivity contribution in [2.45, 2.75) is 25.5 Å². The van der Waals surface area contributed by atoms with Crippen LogP contribution in [0, 0.1) is 5.82 Å². The predicted molar refractivity (Wildman–Crippen MR) is 98.4 cm³/mol. The summed E-state index contributed by atoms with van der Waals surface area (Å²) < 4.78 is 24.3. The van der Waals surface area contributed by atoms with E-state index >= 15 is 0 Å². The van der Waals surface area contributed by atoms with Gasteiger partial charge in [-0.1, -0.05) is 24.3 Å². The van der Waals surface area contributed by atoms with Crippen molar-refractivity contribution in [2.75, 3.05) is 18.6 Å². The highest BCUT2D eigenvalue weighted by atomic mass is 19.1. The van der Waals surface area contributed by atoms with Crippen LogP contribution in [0.1, 0.15) is 13.3 Å². The lowest BCUT2D eigenvalue weighted by molar-refractivity contribution is -0.128. The van der Waals surface area contributed by atoms with E-state index in [9.17, 15) is 14.0 Å². The normalized spacial score (nSPS) is 17.5. The molecule has 1 aliphatic rings. The van der Waals surface area contributed by atoms with Crippen molar-refractivity contribution in [1.29, 1.82) is 0 Å². The second-order valence-electron chi connectivity index (χ2n) is 6.28. The number of ether oxygens (including phenoxy) is 2. The number of nitrogens with zero attached hydrogens (tertiary/aromatic N) is 1. The third-order valence-electron chi connectivity index (χ3n) is 4.36. The van der Waals surface area contributed by atoms with Gasteiger partial charge < -0.3 is 19.7 Å². The number of nitrogens with one attached hydrogen (secondary N) is 1. The van der Waals surface area contributed by atoms with Gasteiger partial charge in [0.2, 0.25) is 5.91 Å². The van der Waals surface area contributed by atoms with Gasteiger partial charge in [0.05, 0.1) is 18.8 Å². The Kier molecular flexibility index (Phi) is 5.59. The van der Waals surface area contributed by atoms with Crippen molar-refractivity contribution in [3.8, 4) is 11.5 Å². The first-order valence-electron chi connectivity index (χ1n) is 8.64. The van der Waals surface area contributed by atoms with Crippen LogP contribution >= 0.6 is 0 Å². The molecular formula is C20H21FN2O4. The molecule has 0 radical (unpaired) electrons. The highest BCUT2D eigenvalue weighted by Gasteiger charge is 2.34. The maximum atomic E-state index is 13.7. The Hall–Kier alpha value is -3.09. The smallest absolute Gasteiger partial charge is 0.261 e. The first kappa shape index (κ1) is 18.7. The molecule has 6 nitrogen and oxygen atoms in total. The number of para-hydroxylation sites is 3. The van der Waals surface area contributed by atoms with Crippen LogP contribution in [0.3, 0.4) is 0 Å². The number of hydrogen-bond acceptors (Lipinski definition) is 4. The minimum atomic E-state index is -0.891. The minimum absolute atomic E-state index is 0.0123. The molecule has 142 valence electrons. The summed E-state index contributed by atoms with van der Waals surface area (Å²) in [6.45, 7) is 1.87. The average Bonchev–Trinajstić information content (AvgIpc) is 3.03. The molecule has 1 fully saturated rings. The van der Waals surface area contributed by atoms with E-state index in [-0.39, 0.29) is 24.1 Å². The zero-order valence-corrected chi connectivity index (χ0v) is 15.1. The number of halogens is 1. The van der Waals surface area contributed by atoms with Crippen LogP contribution in [-0.4, -0.2) is 37.6 Å². The zero-order chi connectivity index (χ0) is 19.4. The van der Waals surface area contributed by atoms with Crippen LogP contribution in [0.4, 0.5) is 10.1 Å². The lowest BCUT2D eigenvalue weighted by Crippen LogP contribution is -2.43. The summed E-state index contributed by atoms with van der Waals surface area (Å²) in [6, 6.07) is 12.8. The molecule has 0 saturated carbocycles. The Labute approximate surface area is 156 Å². The minimum Gasteiger partial charge on any atom is -0.495 e. The summed E-state index contributed by atoms with van der Waals surface area (Å²) >= 11 is 0. The standard InChI is InChI=1S/C20H21FN2O4/c1-13(27-17-9-5-3-7-15(17)21)20(25)22-14-11-19(24)23(12-14)16-8-4-6-10-18(16)26-2/h3-10,13-14H,11-12H2,1-2H3,(H,22,25)/t13-,14+/m0/s1. The molecular weight excluding hydrogens is 351 g/mol. The largest absolute Gasteiger partial charge is 0.495 e. The predicted octanol–water partition coefficient (Wildman–Crippen LogP) is 2.52. The van der Waals surface area contributed by atoms with E-state index in [2.05, 4.69) is 5.32 Å². The van der Waals surface area contributed by atoms with Crippen molar-refractivity contribution < 1.29 is 23.5 Å². The van der Waals surface area contributed by atoms with Crippen molar-refractivity contribution >= 4 is 17.5 Å². The summed E-state index contributed by atoms with van der Waals surface area (Å²) in [4.78, 5) is 26.3. The highest BCUT2D eigenvalue weighted by molar-refractivity contribution is 5.98. The molecule has 1 N–H and O–H groups in total. The monoisotopic (exact) mass is 372 g/mol. The van der Waals surface area contributed by atoms with Gasteiger partial charge in [-0.3, -0.25) is 9.59 Å². The van der Waals surface area contributed by atoms with Crippen molar-refractivity contribution in [2.24, 2.45) is 0 Å². The number of benzene rings is 2. The van der Waals surface area contributed by atoms with Crippen LogP contribution < -0.4 is 19.7 Å². The van der Waals surface area contributed by atoms with Crippen molar-refractivity contribution in [3.63, 3.8) is 0 Å². The Morgan fingerprint density at radius 3 is 2.56 bits per heavy atom. The molecule has 2 aromatic carbocycles. The van der Waals surface area contributed by atoms with E-state index in [1.54, 1.807) is 36.3 Å². The third-order valence-corrected chi connectivity index (χ3v) is 4.36. The van der Waals surface area contributed by atoms with Gasteiger partial charge in [0.1, 0.15) is 5.75 Å². The fourth-order valence-corrected chi connectivity index (χ4v) is 2.99. The molecule has 3 rings (SSSR count). The topological polar surface area (TPSA) is 67.9 Å². The molecule has 0 unspecified atom stereocenters. The number of carbonyl (C=O) groups is 2. The van der Waals surface area contributed by atoms with Crippen LogP contribution in [0.15, 0.2) is 48.5 Å². The van der Waals surface area contributed by atoms with Crippen LogP contribution in [0.2, 0.25) is 0 Å². The number of amides is 2. The molecule has 2 aromatic rings. The van der Waals surface area contributed by atoms with Gasteiger partial charge in [0.15, 0.2) is 17.7 Å². The lowest BCUT2D eigenvalue weighted by Gasteiger charge is -2.21. The fraction of sp³-hybridized carbons (Fsp3) is 0.300. The van der Waals surface area contributed by atoms with Crippen LogP contribution in [0.5, 0.6) is 11.5 Å². The Balaban J connectivity index is 1.62. The van der Waals surface area contributed by atoms with Gasteiger partial charge in [0, 0.05) is 13.0 Å². The maximum absolute atomic E-state index is 13.7. The van der Waals surface area contributed by atoms with E-state index in [0.717, 1.165) is 0 Å². The molecule has 0 aliphatic carbocycles. The van der Waals surface area contributed by atoms with Gasteiger partial charge in [-0.15, -0.1) is 0 Å². The molecule has 2 atom stereocenters. The quantitative estimate of drug-likeness (QED) is 0.846. The van der Waals surface area contributed by atoms with Gasteiger partial charge in [-0.25, -0.2) is 4.39 Å². The Bertz CT molecular complexity index is 842. The van der Waals surface area contributed by atoms with E-state index in [1.807, 2.05) is 12.1 Å². The van der Waals surface area contributed by atoms with E-state index in [4.69, 9.17) is 9.47 Å². The van der Waals surface area contributed by atoms with Gasteiger partial charge >= 0.3 is 0 Å². The number of hydrogen-bond donors (Lipinski definition) is 1. The summed E-state index contributed by atoms with van der Waals surface area (Å²) in [5.41, 5.74) is 0.664. The molecule has 7 heteroatoms. The third kappa shape index (κ3) is 4.19. The summed E-state index contributed by atoms with van der Waals surface area (Å²) in [7, 11) is 1.54. The lowest BCUT2D eigenvalue weighted by atomic mass is 10.2. The molecule has 0 spiro atoms. The van der Waals surface area contributed by atoms with Gasteiger partial charge in [0.25, 0.3) is 5.91 Å². The molecule has 0 aromatic heterocycles. The van der Waals surface area contributed by atoms with E-state index in [0.29, 0.717) is 18.0 Å². The Morgan fingerprint density at radius 2 is 1.85 bits per heavy atom. The SMILES string of the molecule is COc1ccccc1N1C[C@H](NC(=O)[C@H](C)Oc2ccccc2F)CC1=O. The number of rotatable bonds is 6. The molecule has 1 heterocycles. The van der Waals surface area contributed by atoms with Crippen molar-refractivity contribution in [3.05, 3.63) is 54.3 Å². The highest BCUT2D eigenvalue weighted by Crippen LogP contribution is 2.31. The number of carbonyl (C=O) groups excluding carboxylic acids is 2. The van der Waals surface area contributed by atoms with Crippen LogP contribution in [-0.2, 0) is 9.59 Å². The maximum Gasteiger partial charge on any atom is 0.261 e. The summed E-state index contributed by atoms with van der Waals surface area (Å²) in [5, 5.41) is 2.80. The summed E-state index contributed by atoms with van der Waals surface area (Å²) in [6.07, 6.45) is -0.715. The second-order valence-corrected chi connectivity index (χ2v) is 6.28. The molecule has 27 heavy (non-hydrogen) atoms. The van der Waals surface area contributed by atoms with Gasteiger partial charge in [-0.05, 0) is 31.2 Å². The average molecular weight is 372 g/mol. The van der Waals surface area contributed by atoms with Gasteiger partial charge in [-0.2, -0.15) is 0 Å². The van der Waals surface area contributed by atoms with E-state index < -0.39 is 17.8 Å². The molecule has 2 amide bonds. The van der Waals surface area contributed by atoms with Crippen LogP contribution in [0.25, 0.3) is 0 Å². The zero-order valence-electron chi connectivity index (χ0n) is 15.1. The molecule has 1 saturated heterocycles. The second kappa shape index (κ2) is 8.07. The molecule has 1 aliphatic heterocycles. The van der Waals surface area contributed by atoms with Crippen molar-refractivity contribution in [1.82, 2.24) is 5.32 Å². The first-order valence-corrected chi connectivity index (χ1v) is 8.64. The number of anilines is 1. The fourth-order valence-electron chi connectivity index (χ4n) is 2.99. The Morgan fingerprint density at radius 1 is 1.19 bits per heavy atom. The number of methoxy groups -OCH3 is 1. The molecule has 0 bridgehead atoms.